The van der Waals surface area contributed by atoms with Gasteiger partial charge in [0.2, 0.25) is 0 Å². The number of aliphatic imine (C=N–C) groups is 1. The molecule has 1 amide bonds. The maximum Gasteiger partial charge on any atom is 0.254 e. The van der Waals surface area contributed by atoms with Crippen molar-refractivity contribution in [1.82, 2.24) is 24.1 Å². The lowest BCUT2D eigenvalue weighted by atomic mass is 10.1. The van der Waals surface area contributed by atoms with Gasteiger partial charge in [-0.1, -0.05) is 11.6 Å². The van der Waals surface area contributed by atoms with Crippen LogP contribution in [0.25, 0.3) is 11.2 Å². The van der Waals surface area contributed by atoms with Crippen LogP contribution in [-0.2, 0) is 23.8 Å². The number of nitrogens with two attached hydrogens (primary N) is 1. The Morgan fingerprint density at radius 1 is 1.29 bits per heavy atom. The standard InChI is InChI=1S/C24H23Cl2N7O/c25-7-16-5-17(15-1-2-15)12-33-13-20(31-23(16)33)10-28-9-18(8-27)24(34)29-11-21-22-6-19(26)3-4-32(22)14-30-21/h3-6,8-9,12-15H,1-2,7,10-11,27H2,(H,29,34). The van der Waals surface area contributed by atoms with Crippen molar-refractivity contribution in [3.63, 3.8) is 0 Å². The van der Waals surface area contributed by atoms with Gasteiger partial charge in [-0.3, -0.25) is 9.79 Å². The normalized spacial score (nSPS) is 14.5. The van der Waals surface area contributed by atoms with E-state index in [1.165, 1.54) is 30.8 Å². The fourth-order valence-electron chi connectivity index (χ4n) is 3.89. The van der Waals surface area contributed by atoms with Crippen molar-refractivity contribution in [3.8, 4) is 0 Å². The van der Waals surface area contributed by atoms with E-state index in [1.807, 2.05) is 21.2 Å². The molecule has 3 N–H and O–H groups in total. The van der Waals surface area contributed by atoms with E-state index in [9.17, 15) is 4.79 Å². The number of halogens is 2. The number of rotatable bonds is 8. The van der Waals surface area contributed by atoms with Crippen LogP contribution < -0.4 is 11.1 Å². The van der Waals surface area contributed by atoms with Crippen LogP contribution in [0.1, 0.15) is 41.3 Å². The number of alkyl halides is 1. The molecule has 0 aliphatic heterocycles. The van der Waals surface area contributed by atoms with Gasteiger partial charge in [-0.25, -0.2) is 9.97 Å². The van der Waals surface area contributed by atoms with Crippen LogP contribution in [0.4, 0.5) is 0 Å². The van der Waals surface area contributed by atoms with Gasteiger partial charge in [-0.05, 0) is 42.5 Å². The number of fused-ring (bicyclic) bond motifs is 2. The predicted molar refractivity (Wildman–Crippen MR) is 133 cm³/mol. The van der Waals surface area contributed by atoms with Gasteiger partial charge in [0.1, 0.15) is 5.65 Å². The summed E-state index contributed by atoms with van der Waals surface area (Å²) in [5.74, 6) is 0.688. The summed E-state index contributed by atoms with van der Waals surface area (Å²) in [6, 6.07) is 5.72. The monoisotopic (exact) mass is 495 g/mol. The highest BCUT2D eigenvalue weighted by Gasteiger charge is 2.25. The molecule has 1 saturated carbocycles. The Labute approximate surface area is 206 Å². The Bertz CT molecular complexity index is 1430. The lowest BCUT2D eigenvalue weighted by molar-refractivity contribution is -0.117. The first-order valence-electron chi connectivity index (χ1n) is 10.9. The third kappa shape index (κ3) is 4.64. The molecule has 34 heavy (non-hydrogen) atoms. The number of carbonyl (C=O) groups excluding carboxylic acids is 1. The summed E-state index contributed by atoms with van der Waals surface area (Å²) in [4.78, 5) is 26.0. The Balaban J connectivity index is 1.24. The van der Waals surface area contributed by atoms with Crippen LogP contribution in [0.3, 0.4) is 0 Å². The van der Waals surface area contributed by atoms with Crippen molar-refractivity contribution in [2.75, 3.05) is 0 Å². The van der Waals surface area contributed by atoms with Crippen LogP contribution >= 0.6 is 23.2 Å². The molecule has 0 aromatic carbocycles. The van der Waals surface area contributed by atoms with E-state index >= 15 is 0 Å². The second kappa shape index (κ2) is 9.48. The summed E-state index contributed by atoms with van der Waals surface area (Å²) in [7, 11) is 0. The summed E-state index contributed by atoms with van der Waals surface area (Å²) >= 11 is 12.2. The number of hydrogen-bond donors (Lipinski definition) is 2. The van der Waals surface area contributed by atoms with Crippen LogP contribution in [0, 0.1) is 0 Å². The first-order chi connectivity index (χ1) is 16.6. The average Bonchev–Trinajstić information content (AvgIpc) is 3.49. The summed E-state index contributed by atoms with van der Waals surface area (Å²) < 4.78 is 3.86. The second-order valence-corrected chi connectivity index (χ2v) is 8.98. The molecule has 4 aromatic heterocycles. The zero-order valence-electron chi connectivity index (χ0n) is 18.3. The molecule has 0 bridgehead atoms. The van der Waals surface area contributed by atoms with E-state index in [4.69, 9.17) is 28.9 Å². The van der Waals surface area contributed by atoms with E-state index in [0.29, 0.717) is 29.1 Å². The molecule has 10 heteroatoms. The largest absolute Gasteiger partial charge is 0.404 e. The number of pyridine rings is 2. The van der Waals surface area contributed by atoms with Crippen molar-refractivity contribution in [1.29, 1.82) is 0 Å². The predicted octanol–water partition coefficient (Wildman–Crippen LogP) is 3.98. The molecule has 5 rings (SSSR count). The lowest BCUT2D eigenvalue weighted by Crippen LogP contribution is -2.26. The highest BCUT2D eigenvalue weighted by molar-refractivity contribution is 6.30. The molecule has 1 aliphatic carbocycles. The Kier molecular flexibility index (Phi) is 6.26. The minimum atomic E-state index is -0.345. The number of imidazole rings is 2. The van der Waals surface area contributed by atoms with E-state index in [-0.39, 0.29) is 18.0 Å². The van der Waals surface area contributed by atoms with Crippen molar-refractivity contribution in [2.24, 2.45) is 10.7 Å². The molecule has 1 aliphatic rings. The SMILES string of the molecule is NC=C(C=NCc1cn2cc(C3CC3)cc(CCl)c2n1)C(=O)NCc1ncn2ccc(Cl)cc12. The molecule has 0 atom stereocenters. The quantitative estimate of drug-likeness (QED) is 0.219. The number of hydrogen-bond acceptors (Lipinski definition) is 5. The highest BCUT2D eigenvalue weighted by Crippen LogP contribution is 2.40. The zero-order valence-corrected chi connectivity index (χ0v) is 19.8. The fraction of sp³-hybridized carbons (Fsp3) is 0.250. The topological polar surface area (TPSA) is 102 Å². The highest BCUT2D eigenvalue weighted by atomic mass is 35.5. The minimum absolute atomic E-state index is 0.234. The van der Waals surface area contributed by atoms with Gasteiger partial charge < -0.3 is 19.9 Å². The summed E-state index contributed by atoms with van der Waals surface area (Å²) in [5.41, 5.74) is 11.4. The third-order valence-corrected chi connectivity index (χ3v) is 6.34. The summed E-state index contributed by atoms with van der Waals surface area (Å²) in [5, 5.41) is 3.42. The van der Waals surface area contributed by atoms with Crippen LogP contribution in [0.15, 0.2) is 59.9 Å². The molecule has 0 unspecified atom stereocenters. The number of nitrogens with zero attached hydrogens (tertiary/aromatic N) is 5. The molecule has 0 radical (unpaired) electrons. The van der Waals surface area contributed by atoms with E-state index in [1.54, 1.807) is 18.5 Å². The average molecular weight is 496 g/mol. The molecule has 0 spiro atoms. The van der Waals surface area contributed by atoms with Gasteiger partial charge >= 0.3 is 0 Å². The van der Waals surface area contributed by atoms with Crippen molar-refractivity contribution in [3.05, 3.63) is 82.4 Å². The Morgan fingerprint density at radius 3 is 2.91 bits per heavy atom. The smallest absolute Gasteiger partial charge is 0.254 e. The van der Waals surface area contributed by atoms with Crippen molar-refractivity contribution in [2.45, 2.75) is 37.7 Å². The summed E-state index contributed by atoms with van der Waals surface area (Å²) in [6.45, 7) is 0.550. The number of aromatic nitrogens is 4. The van der Waals surface area contributed by atoms with Crippen LogP contribution in [0.2, 0.25) is 5.02 Å². The minimum Gasteiger partial charge on any atom is -0.404 e. The zero-order chi connectivity index (χ0) is 23.7. The van der Waals surface area contributed by atoms with E-state index < -0.39 is 0 Å². The Hall–Kier alpha value is -3.36. The van der Waals surface area contributed by atoms with Crippen molar-refractivity contribution >= 4 is 46.5 Å². The molecule has 8 nitrogen and oxygen atoms in total. The van der Waals surface area contributed by atoms with Gasteiger partial charge in [0.05, 0.1) is 47.8 Å². The van der Waals surface area contributed by atoms with Crippen LogP contribution in [0.5, 0.6) is 0 Å². The molecule has 174 valence electrons. The van der Waals surface area contributed by atoms with Gasteiger partial charge in [-0.2, -0.15) is 0 Å². The maximum atomic E-state index is 12.6. The molecular weight excluding hydrogens is 473 g/mol. The first kappa shape index (κ1) is 22.4. The number of nitrogens with one attached hydrogen (secondary N) is 1. The molecule has 0 saturated heterocycles. The van der Waals surface area contributed by atoms with Crippen LogP contribution in [-0.4, -0.2) is 30.9 Å². The van der Waals surface area contributed by atoms with Crippen molar-refractivity contribution < 1.29 is 4.79 Å². The van der Waals surface area contributed by atoms with E-state index in [0.717, 1.165) is 22.4 Å². The second-order valence-electron chi connectivity index (χ2n) is 8.27. The lowest BCUT2D eigenvalue weighted by Gasteiger charge is -2.04. The van der Waals surface area contributed by atoms with Gasteiger partial charge in [0, 0.05) is 41.6 Å². The van der Waals surface area contributed by atoms with Gasteiger partial charge in [-0.15, -0.1) is 11.6 Å². The summed E-state index contributed by atoms with van der Waals surface area (Å²) in [6.07, 6.45) is 12.7. The van der Waals surface area contributed by atoms with E-state index in [2.05, 4.69) is 32.5 Å². The molecule has 1 fully saturated rings. The molecule has 4 heterocycles. The Morgan fingerprint density at radius 2 is 2.15 bits per heavy atom. The number of carbonyl (C=O) groups is 1. The van der Waals surface area contributed by atoms with Gasteiger partial charge in [0.15, 0.2) is 0 Å². The van der Waals surface area contributed by atoms with Gasteiger partial charge in [0.25, 0.3) is 5.91 Å². The number of amides is 1. The first-order valence-corrected chi connectivity index (χ1v) is 11.8. The molecule has 4 aromatic rings. The fourth-order valence-corrected chi connectivity index (χ4v) is 4.25. The maximum absolute atomic E-state index is 12.6. The molecular formula is C24H23Cl2N7O. The third-order valence-electron chi connectivity index (χ3n) is 5.81.